The second-order valence-electron chi connectivity index (χ2n) is 5.68. The standard InChI is InChI=1S/C16H20N8O/c1-11(15-20-21-22-24(15)13-7-5-4-6-8-13)19-16(25)14(17-2)12-9-18-23(3)10-12/h4-11,14,17H,1-3H3,(H,19,25). The van der Waals surface area contributed by atoms with Gasteiger partial charge in [-0.15, -0.1) is 5.10 Å². The highest BCUT2D eigenvalue weighted by Crippen LogP contribution is 2.16. The van der Waals surface area contributed by atoms with Gasteiger partial charge in [-0.25, -0.2) is 0 Å². The van der Waals surface area contributed by atoms with Gasteiger partial charge >= 0.3 is 0 Å². The second kappa shape index (κ2) is 7.22. The lowest BCUT2D eigenvalue weighted by molar-refractivity contribution is -0.123. The van der Waals surface area contributed by atoms with Crippen molar-refractivity contribution in [3.05, 3.63) is 54.1 Å². The molecule has 0 fully saturated rings. The monoisotopic (exact) mass is 340 g/mol. The van der Waals surface area contributed by atoms with Crippen molar-refractivity contribution in [1.29, 1.82) is 0 Å². The zero-order valence-electron chi connectivity index (χ0n) is 14.3. The van der Waals surface area contributed by atoms with Crippen LogP contribution in [-0.2, 0) is 11.8 Å². The summed E-state index contributed by atoms with van der Waals surface area (Å²) in [5.74, 6) is 0.381. The first-order chi connectivity index (χ1) is 12.1. The van der Waals surface area contributed by atoms with Crippen LogP contribution < -0.4 is 10.6 Å². The minimum Gasteiger partial charge on any atom is -0.345 e. The Hall–Kier alpha value is -3.07. The molecule has 0 spiro atoms. The predicted molar refractivity (Wildman–Crippen MR) is 90.7 cm³/mol. The summed E-state index contributed by atoms with van der Waals surface area (Å²) in [6, 6.07) is 8.67. The van der Waals surface area contributed by atoms with Crippen LogP contribution in [0.4, 0.5) is 0 Å². The molecule has 0 aliphatic rings. The Morgan fingerprint density at radius 3 is 2.64 bits per heavy atom. The first kappa shape index (κ1) is 16.8. The minimum atomic E-state index is -0.503. The highest BCUT2D eigenvalue weighted by atomic mass is 16.2. The number of amides is 1. The lowest BCUT2D eigenvalue weighted by atomic mass is 10.1. The third-order valence-electron chi connectivity index (χ3n) is 3.85. The molecule has 25 heavy (non-hydrogen) atoms. The van der Waals surface area contributed by atoms with Crippen LogP contribution >= 0.6 is 0 Å². The van der Waals surface area contributed by atoms with Gasteiger partial charge in [0, 0.05) is 18.8 Å². The normalized spacial score (nSPS) is 13.4. The maximum atomic E-state index is 12.6. The molecule has 0 saturated carbocycles. The Kier molecular flexibility index (Phi) is 4.85. The van der Waals surface area contributed by atoms with Crippen molar-refractivity contribution in [3.8, 4) is 5.69 Å². The Morgan fingerprint density at radius 2 is 2.00 bits per heavy atom. The van der Waals surface area contributed by atoms with Gasteiger partial charge in [-0.05, 0) is 36.5 Å². The van der Waals surface area contributed by atoms with Crippen molar-refractivity contribution in [2.45, 2.75) is 19.0 Å². The van der Waals surface area contributed by atoms with E-state index in [1.165, 1.54) is 0 Å². The van der Waals surface area contributed by atoms with Crippen molar-refractivity contribution in [2.75, 3.05) is 7.05 Å². The van der Waals surface area contributed by atoms with Gasteiger partial charge in [0.2, 0.25) is 5.91 Å². The van der Waals surface area contributed by atoms with E-state index in [9.17, 15) is 4.79 Å². The molecule has 0 aliphatic heterocycles. The summed E-state index contributed by atoms with van der Waals surface area (Å²) in [7, 11) is 3.54. The molecule has 2 N–H and O–H groups in total. The number of tetrazole rings is 1. The molecule has 9 nitrogen and oxygen atoms in total. The number of benzene rings is 1. The van der Waals surface area contributed by atoms with E-state index in [1.807, 2.05) is 44.3 Å². The van der Waals surface area contributed by atoms with Crippen molar-refractivity contribution in [3.63, 3.8) is 0 Å². The van der Waals surface area contributed by atoms with E-state index in [-0.39, 0.29) is 11.9 Å². The highest BCUT2D eigenvalue weighted by Gasteiger charge is 2.24. The Labute approximate surface area is 145 Å². The lowest BCUT2D eigenvalue weighted by Gasteiger charge is -2.18. The second-order valence-corrected chi connectivity index (χ2v) is 5.68. The van der Waals surface area contributed by atoms with E-state index in [0.29, 0.717) is 5.82 Å². The molecule has 0 aliphatic carbocycles. The number of likely N-dealkylation sites (N-methyl/N-ethyl adjacent to an activating group) is 1. The van der Waals surface area contributed by atoms with E-state index in [0.717, 1.165) is 11.3 Å². The van der Waals surface area contributed by atoms with Gasteiger partial charge in [-0.1, -0.05) is 18.2 Å². The molecule has 2 unspecified atom stereocenters. The third-order valence-corrected chi connectivity index (χ3v) is 3.85. The van der Waals surface area contributed by atoms with Gasteiger partial charge in [-0.2, -0.15) is 9.78 Å². The summed E-state index contributed by atoms with van der Waals surface area (Å²) >= 11 is 0. The van der Waals surface area contributed by atoms with Crippen LogP contribution in [-0.4, -0.2) is 42.9 Å². The Morgan fingerprint density at radius 1 is 1.24 bits per heavy atom. The number of carbonyl (C=O) groups is 1. The first-order valence-corrected chi connectivity index (χ1v) is 7.90. The summed E-state index contributed by atoms with van der Waals surface area (Å²) in [4.78, 5) is 12.6. The van der Waals surface area contributed by atoms with E-state index >= 15 is 0 Å². The van der Waals surface area contributed by atoms with Gasteiger partial charge in [0.05, 0.1) is 17.9 Å². The maximum absolute atomic E-state index is 12.6. The lowest BCUT2D eigenvalue weighted by Crippen LogP contribution is -2.38. The topological polar surface area (TPSA) is 103 Å². The quantitative estimate of drug-likeness (QED) is 0.679. The fourth-order valence-corrected chi connectivity index (χ4v) is 2.62. The average molecular weight is 340 g/mol. The molecule has 9 heteroatoms. The van der Waals surface area contributed by atoms with Gasteiger partial charge in [0.15, 0.2) is 5.82 Å². The number of para-hydroxylation sites is 1. The van der Waals surface area contributed by atoms with Crippen molar-refractivity contribution < 1.29 is 4.79 Å². The molecular formula is C16H20N8O. The number of nitrogens with zero attached hydrogens (tertiary/aromatic N) is 6. The molecule has 2 atom stereocenters. The molecule has 3 aromatic rings. The number of carbonyl (C=O) groups excluding carboxylic acids is 1. The van der Waals surface area contributed by atoms with Gasteiger partial charge in [-0.3, -0.25) is 9.48 Å². The summed E-state index contributed by atoms with van der Waals surface area (Å²) in [6.07, 6.45) is 3.47. The summed E-state index contributed by atoms with van der Waals surface area (Å²) in [6.45, 7) is 1.85. The van der Waals surface area contributed by atoms with Crippen LogP contribution in [0.5, 0.6) is 0 Å². The van der Waals surface area contributed by atoms with Crippen LogP contribution in [0, 0.1) is 0 Å². The number of hydrogen-bond donors (Lipinski definition) is 2. The van der Waals surface area contributed by atoms with Crippen molar-refractivity contribution >= 4 is 5.91 Å². The molecule has 0 radical (unpaired) electrons. The van der Waals surface area contributed by atoms with Crippen LogP contribution in [0.2, 0.25) is 0 Å². The zero-order valence-corrected chi connectivity index (χ0v) is 14.3. The Bertz CT molecular complexity index is 841. The van der Waals surface area contributed by atoms with Crippen LogP contribution in [0.1, 0.15) is 30.4 Å². The molecule has 0 saturated heterocycles. The molecule has 130 valence electrons. The molecule has 1 aromatic carbocycles. The summed E-state index contributed by atoms with van der Waals surface area (Å²) in [5.41, 5.74) is 1.62. The predicted octanol–water partition coefficient (Wildman–Crippen LogP) is 0.534. The summed E-state index contributed by atoms with van der Waals surface area (Å²) < 4.78 is 3.27. The SMILES string of the molecule is CNC(C(=O)NC(C)c1nnnn1-c1ccccc1)c1cnn(C)c1. The smallest absolute Gasteiger partial charge is 0.242 e. The number of aryl methyl sites for hydroxylation is 1. The molecule has 2 aromatic heterocycles. The fraction of sp³-hybridized carbons (Fsp3) is 0.312. The third kappa shape index (κ3) is 3.56. The highest BCUT2D eigenvalue weighted by molar-refractivity contribution is 5.83. The van der Waals surface area contributed by atoms with Gasteiger partial charge in [0.25, 0.3) is 0 Å². The minimum absolute atomic E-state index is 0.175. The van der Waals surface area contributed by atoms with E-state index in [2.05, 4.69) is 31.3 Å². The molecule has 1 amide bonds. The van der Waals surface area contributed by atoms with E-state index in [4.69, 9.17) is 0 Å². The van der Waals surface area contributed by atoms with E-state index < -0.39 is 6.04 Å². The van der Waals surface area contributed by atoms with Gasteiger partial charge < -0.3 is 10.6 Å². The molecular weight excluding hydrogens is 320 g/mol. The zero-order chi connectivity index (χ0) is 17.8. The number of rotatable bonds is 6. The molecule has 2 heterocycles. The van der Waals surface area contributed by atoms with Crippen LogP contribution in [0.25, 0.3) is 5.69 Å². The van der Waals surface area contributed by atoms with Crippen LogP contribution in [0.15, 0.2) is 42.7 Å². The first-order valence-electron chi connectivity index (χ1n) is 7.90. The average Bonchev–Trinajstić information content (AvgIpc) is 3.25. The number of aromatic nitrogens is 6. The van der Waals surface area contributed by atoms with Gasteiger partial charge in [0.1, 0.15) is 6.04 Å². The van der Waals surface area contributed by atoms with Crippen molar-refractivity contribution in [2.24, 2.45) is 7.05 Å². The Balaban J connectivity index is 1.77. The fourth-order valence-electron chi connectivity index (χ4n) is 2.62. The van der Waals surface area contributed by atoms with Crippen LogP contribution in [0.3, 0.4) is 0 Å². The molecule has 3 rings (SSSR count). The summed E-state index contributed by atoms with van der Waals surface area (Å²) in [5, 5.41) is 21.9. The number of hydrogen-bond acceptors (Lipinski definition) is 6. The van der Waals surface area contributed by atoms with Crippen molar-refractivity contribution in [1.82, 2.24) is 40.6 Å². The molecule has 0 bridgehead atoms. The number of nitrogens with one attached hydrogen (secondary N) is 2. The van der Waals surface area contributed by atoms with E-state index in [1.54, 1.807) is 28.8 Å². The largest absolute Gasteiger partial charge is 0.345 e. The maximum Gasteiger partial charge on any atom is 0.242 e.